The highest BCUT2D eigenvalue weighted by molar-refractivity contribution is 6.32. The summed E-state index contributed by atoms with van der Waals surface area (Å²) in [5, 5.41) is 7.65. The largest absolute Gasteiger partial charge is 0.0871 e. The minimum atomic E-state index is 1.23. The third kappa shape index (κ3) is 4.16. The molecule has 0 radical (unpaired) electrons. The second kappa shape index (κ2) is 11.0. The first-order valence-corrected chi connectivity index (χ1v) is 14.7. The maximum atomic E-state index is 2.30. The Morgan fingerprint density at radius 2 is 0.762 bits per heavy atom. The standard InChI is InChI=1S/C42H32/c1-3-18-29(4-2)37-33-25-14-15-26-34(33)39(31-21-10-6-11-22-31)42-40(32-23-12-7-13-24-32)36-28-17-16-27-35(36)38(41(37)42)30-19-8-5-9-20-30/h3-28H,1-2H3/b18-3-,29-4+. The molecule has 0 N–H and O–H groups in total. The summed E-state index contributed by atoms with van der Waals surface area (Å²) >= 11 is 0. The van der Waals surface area contributed by atoms with E-state index in [-0.39, 0.29) is 0 Å². The van der Waals surface area contributed by atoms with Gasteiger partial charge in [-0.1, -0.05) is 158 Å². The number of hydrogen-bond acceptors (Lipinski definition) is 0. The first-order valence-electron chi connectivity index (χ1n) is 14.7. The van der Waals surface area contributed by atoms with E-state index < -0.39 is 0 Å². The van der Waals surface area contributed by atoms with Crippen LogP contribution in [0.5, 0.6) is 0 Å². The van der Waals surface area contributed by atoms with Crippen LogP contribution in [0, 0.1) is 0 Å². The van der Waals surface area contributed by atoms with Gasteiger partial charge in [0, 0.05) is 0 Å². The number of allylic oxidation sites excluding steroid dienone is 4. The lowest BCUT2D eigenvalue weighted by atomic mass is 9.77. The van der Waals surface area contributed by atoms with Crippen molar-refractivity contribution in [1.29, 1.82) is 0 Å². The molecule has 0 amide bonds. The fraction of sp³-hybridized carbons (Fsp3) is 0.0476. The summed E-state index contributed by atoms with van der Waals surface area (Å²) in [6.45, 7) is 4.26. The molecule has 0 unspecified atom stereocenters. The van der Waals surface area contributed by atoms with E-state index in [0.29, 0.717) is 0 Å². The third-order valence-corrected chi connectivity index (χ3v) is 8.31. The van der Waals surface area contributed by atoms with Crippen molar-refractivity contribution in [1.82, 2.24) is 0 Å². The molecule has 0 saturated heterocycles. The monoisotopic (exact) mass is 536 g/mol. The fourth-order valence-electron chi connectivity index (χ4n) is 6.64. The summed E-state index contributed by atoms with van der Waals surface area (Å²) < 4.78 is 0. The fourth-order valence-corrected chi connectivity index (χ4v) is 6.64. The summed E-state index contributed by atoms with van der Waals surface area (Å²) in [6, 6.07) is 50.7. The zero-order chi connectivity index (χ0) is 28.5. The molecule has 0 heterocycles. The molecule has 0 bridgehead atoms. The summed E-state index contributed by atoms with van der Waals surface area (Å²) in [6.07, 6.45) is 6.67. The SMILES string of the molecule is C/C=C\C(=C/C)c1c2ccccc2c(-c2ccccc2)c2c(-c3ccccc3)c3ccccc3c(-c3ccccc3)c12. The van der Waals surface area contributed by atoms with Gasteiger partial charge in [0.1, 0.15) is 0 Å². The minimum Gasteiger partial charge on any atom is -0.0871 e. The van der Waals surface area contributed by atoms with Gasteiger partial charge < -0.3 is 0 Å². The van der Waals surface area contributed by atoms with Gasteiger partial charge in [-0.3, -0.25) is 0 Å². The molecule has 0 saturated carbocycles. The average molecular weight is 537 g/mol. The molecule has 42 heavy (non-hydrogen) atoms. The van der Waals surface area contributed by atoms with Crippen molar-refractivity contribution < 1.29 is 0 Å². The molecular formula is C42H32. The topological polar surface area (TPSA) is 0 Å². The Hall–Kier alpha value is -5.20. The Bertz CT molecular complexity index is 2070. The highest BCUT2D eigenvalue weighted by Gasteiger charge is 2.25. The van der Waals surface area contributed by atoms with Gasteiger partial charge in [0.2, 0.25) is 0 Å². The van der Waals surface area contributed by atoms with Crippen LogP contribution >= 0.6 is 0 Å². The van der Waals surface area contributed by atoms with Crippen LogP contribution in [0.2, 0.25) is 0 Å². The highest BCUT2D eigenvalue weighted by Crippen LogP contribution is 2.52. The van der Waals surface area contributed by atoms with Crippen molar-refractivity contribution >= 4 is 37.9 Å². The average Bonchev–Trinajstić information content (AvgIpc) is 3.06. The smallest absolute Gasteiger partial charge is 0.000139 e. The molecule has 7 aromatic carbocycles. The second-order valence-corrected chi connectivity index (χ2v) is 10.7. The predicted octanol–water partition coefficient (Wildman–Crippen LogP) is 12.1. The van der Waals surface area contributed by atoms with Crippen LogP contribution in [0.25, 0.3) is 71.3 Å². The maximum Gasteiger partial charge on any atom is -0.000139 e. The molecule has 0 aliphatic carbocycles. The Morgan fingerprint density at radius 1 is 0.405 bits per heavy atom. The Morgan fingerprint density at radius 3 is 1.17 bits per heavy atom. The maximum absolute atomic E-state index is 2.30. The lowest BCUT2D eigenvalue weighted by Gasteiger charge is -2.25. The van der Waals surface area contributed by atoms with Gasteiger partial charge in [0.25, 0.3) is 0 Å². The van der Waals surface area contributed by atoms with Crippen LogP contribution in [0.3, 0.4) is 0 Å². The van der Waals surface area contributed by atoms with E-state index in [0.717, 1.165) is 0 Å². The minimum absolute atomic E-state index is 1.23. The van der Waals surface area contributed by atoms with E-state index in [2.05, 4.69) is 172 Å². The van der Waals surface area contributed by atoms with Gasteiger partial charge in [0.05, 0.1) is 0 Å². The Kier molecular flexibility index (Phi) is 6.74. The molecule has 0 heteroatoms. The van der Waals surface area contributed by atoms with Crippen LogP contribution in [-0.2, 0) is 0 Å². The van der Waals surface area contributed by atoms with Crippen molar-refractivity contribution in [3.63, 3.8) is 0 Å². The van der Waals surface area contributed by atoms with Gasteiger partial charge in [-0.15, -0.1) is 0 Å². The quantitative estimate of drug-likeness (QED) is 0.152. The van der Waals surface area contributed by atoms with Gasteiger partial charge in [-0.2, -0.15) is 0 Å². The Labute approximate surface area is 247 Å². The molecule has 0 fully saturated rings. The molecule has 0 atom stereocenters. The van der Waals surface area contributed by atoms with Crippen molar-refractivity contribution in [2.24, 2.45) is 0 Å². The Balaban J connectivity index is 1.91. The van der Waals surface area contributed by atoms with Crippen molar-refractivity contribution in [3.8, 4) is 33.4 Å². The third-order valence-electron chi connectivity index (χ3n) is 8.31. The summed E-state index contributed by atoms with van der Waals surface area (Å²) in [7, 11) is 0. The zero-order valence-electron chi connectivity index (χ0n) is 24.0. The van der Waals surface area contributed by atoms with Crippen molar-refractivity contribution in [2.45, 2.75) is 13.8 Å². The summed E-state index contributed by atoms with van der Waals surface area (Å²) in [5.74, 6) is 0. The molecule has 0 aliphatic rings. The van der Waals surface area contributed by atoms with Gasteiger partial charge in [-0.05, 0) is 90.7 Å². The molecule has 0 nitrogen and oxygen atoms in total. The van der Waals surface area contributed by atoms with Gasteiger partial charge in [0.15, 0.2) is 0 Å². The molecule has 200 valence electrons. The van der Waals surface area contributed by atoms with E-state index >= 15 is 0 Å². The van der Waals surface area contributed by atoms with Gasteiger partial charge >= 0.3 is 0 Å². The molecule has 7 rings (SSSR count). The van der Waals surface area contributed by atoms with E-state index in [1.165, 1.54) is 76.8 Å². The van der Waals surface area contributed by atoms with E-state index in [1.54, 1.807) is 0 Å². The second-order valence-electron chi connectivity index (χ2n) is 10.7. The normalized spacial score (nSPS) is 12.1. The summed E-state index contributed by atoms with van der Waals surface area (Å²) in [4.78, 5) is 0. The molecule has 7 aromatic rings. The first kappa shape index (κ1) is 25.7. The van der Waals surface area contributed by atoms with E-state index in [4.69, 9.17) is 0 Å². The van der Waals surface area contributed by atoms with E-state index in [9.17, 15) is 0 Å². The molecule has 0 spiro atoms. The molecule has 0 aliphatic heterocycles. The van der Waals surface area contributed by atoms with Crippen LogP contribution in [0.1, 0.15) is 19.4 Å². The number of hydrogen-bond donors (Lipinski definition) is 0. The van der Waals surface area contributed by atoms with Crippen LogP contribution in [-0.4, -0.2) is 0 Å². The molecular weight excluding hydrogens is 504 g/mol. The lowest BCUT2D eigenvalue weighted by molar-refractivity contribution is 1.62. The van der Waals surface area contributed by atoms with Crippen LogP contribution in [0.15, 0.2) is 158 Å². The summed E-state index contributed by atoms with van der Waals surface area (Å²) in [5.41, 5.74) is 10.0. The first-order chi connectivity index (χ1) is 20.8. The number of benzene rings is 7. The van der Waals surface area contributed by atoms with Crippen LogP contribution < -0.4 is 0 Å². The van der Waals surface area contributed by atoms with E-state index in [1.807, 2.05) is 0 Å². The van der Waals surface area contributed by atoms with Crippen molar-refractivity contribution in [2.75, 3.05) is 0 Å². The number of fused-ring (bicyclic) bond motifs is 3. The van der Waals surface area contributed by atoms with Crippen LogP contribution in [0.4, 0.5) is 0 Å². The molecule has 0 aromatic heterocycles. The van der Waals surface area contributed by atoms with Crippen molar-refractivity contribution in [3.05, 3.63) is 163 Å². The zero-order valence-corrected chi connectivity index (χ0v) is 24.0. The lowest BCUT2D eigenvalue weighted by Crippen LogP contribution is -1.99. The highest BCUT2D eigenvalue weighted by atomic mass is 14.3. The number of rotatable bonds is 5. The van der Waals surface area contributed by atoms with Gasteiger partial charge in [-0.25, -0.2) is 0 Å². The predicted molar refractivity (Wildman–Crippen MR) is 184 cm³/mol.